The van der Waals surface area contributed by atoms with Gasteiger partial charge in [-0.25, -0.2) is 0 Å². The van der Waals surface area contributed by atoms with Crippen molar-refractivity contribution in [2.24, 2.45) is 10.8 Å². The molecule has 0 aromatic rings. The molecular weight excluding hydrogens is 198 g/mol. The number of aliphatic hydroxyl groups is 1. The number of hydrogen-bond donors (Lipinski definition) is 2. The zero-order chi connectivity index (χ0) is 12.6. The summed E-state index contributed by atoms with van der Waals surface area (Å²) in [5.41, 5.74) is 0.540. The number of aliphatic hydroxyl groups excluding tert-OH is 1. The summed E-state index contributed by atoms with van der Waals surface area (Å²) in [5.74, 6) is 0. The third kappa shape index (κ3) is 3.46. The topological polar surface area (TPSA) is 32.3 Å². The summed E-state index contributed by atoms with van der Waals surface area (Å²) in [5, 5.41) is 13.4. The van der Waals surface area contributed by atoms with E-state index in [4.69, 9.17) is 0 Å². The van der Waals surface area contributed by atoms with Crippen molar-refractivity contribution in [3.05, 3.63) is 0 Å². The Hall–Kier alpha value is -0.0800. The zero-order valence-corrected chi connectivity index (χ0v) is 11.9. The third-order valence-corrected chi connectivity index (χ3v) is 3.49. The number of nitrogens with one attached hydrogen (secondary N) is 1. The summed E-state index contributed by atoms with van der Waals surface area (Å²) in [7, 11) is 0. The first-order chi connectivity index (χ1) is 7.10. The molecular formula is C14H29NO. The minimum absolute atomic E-state index is 0.0839. The van der Waals surface area contributed by atoms with Gasteiger partial charge in [0, 0.05) is 11.6 Å². The lowest BCUT2D eigenvalue weighted by Crippen LogP contribution is -2.59. The minimum Gasteiger partial charge on any atom is -0.394 e. The van der Waals surface area contributed by atoms with Gasteiger partial charge in [0.2, 0.25) is 0 Å². The predicted octanol–water partition coefficient (Wildman–Crippen LogP) is 2.95. The maximum atomic E-state index is 9.79. The average Bonchev–Trinajstić information content (AvgIpc) is 1.96. The van der Waals surface area contributed by atoms with Crippen molar-refractivity contribution in [1.29, 1.82) is 0 Å². The summed E-state index contributed by atoms with van der Waals surface area (Å²) >= 11 is 0. The quantitative estimate of drug-likeness (QED) is 0.777. The first-order valence-electron chi connectivity index (χ1n) is 6.48. The Labute approximate surface area is 101 Å². The van der Waals surface area contributed by atoms with Crippen molar-refractivity contribution in [1.82, 2.24) is 5.32 Å². The van der Waals surface area contributed by atoms with Crippen LogP contribution in [-0.2, 0) is 0 Å². The van der Waals surface area contributed by atoms with E-state index in [1.807, 2.05) is 0 Å². The van der Waals surface area contributed by atoms with Crippen LogP contribution in [0.3, 0.4) is 0 Å². The van der Waals surface area contributed by atoms with E-state index in [1.165, 1.54) is 6.42 Å². The second kappa shape index (κ2) is 4.30. The average molecular weight is 227 g/mol. The molecule has 2 heteroatoms. The second-order valence-corrected chi connectivity index (χ2v) is 7.60. The Balaban J connectivity index is 2.92. The van der Waals surface area contributed by atoms with Crippen LogP contribution in [-0.4, -0.2) is 23.3 Å². The Bertz CT molecular complexity index is 227. The van der Waals surface area contributed by atoms with Gasteiger partial charge in [-0.1, -0.05) is 41.5 Å². The Morgan fingerprint density at radius 1 is 1.00 bits per heavy atom. The second-order valence-electron chi connectivity index (χ2n) is 7.60. The highest BCUT2D eigenvalue weighted by Crippen LogP contribution is 2.50. The van der Waals surface area contributed by atoms with Gasteiger partial charge in [-0.05, 0) is 30.1 Å². The molecule has 2 nitrogen and oxygen atoms in total. The van der Waals surface area contributed by atoms with Crippen LogP contribution < -0.4 is 5.32 Å². The molecule has 1 fully saturated rings. The molecule has 0 radical (unpaired) electrons. The van der Waals surface area contributed by atoms with E-state index in [0.717, 1.165) is 12.8 Å². The largest absolute Gasteiger partial charge is 0.394 e. The number of rotatable bonds is 3. The van der Waals surface area contributed by atoms with Crippen molar-refractivity contribution >= 4 is 0 Å². The van der Waals surface area contributed by atoms with Crippen molar-refractivity contribution in [3.8, 4) is 0 Å². The molecule has 1 rings (SSSR count). The van der Waals surface area contributed by atoms with Crippen molar-refractivity contribution in [2.75, 3.05) is 6.61 Å². The molecule has 0 aliphatic heterocycles. The third-order valence-electron chi connectivity index (χ3n) is 3.49. The predicted molar refractivity (Wildman–Crippen MR) is 69.5 cm³/mol. The Kier molecular flexibility index (Phi) is 3.76. The van der Waals surface area contributed by atoms with Crippen LogP contribution in [0.4, 0.5) is 0 Å². The van der Waals surface area contributed by atoms with E-state index in [-0.39, 0.29) is 12.1 Å². The molecule has 0 saturated heterocycles. The fraction of sp³-hybridized carbons (Fsp3) is 1.00. The SMILES string of the molecule is CC(C)NC1(CO)CC(C)(C)CC(C)(C)C1. The van der Waals surface area contributed by atoms with Gasteiger partial charge >= 0.3 is 0 Å². The highest BCUT2D eigenvalue weighted by atomic mass is 16.3. The fourth-order valence-corrected chi connectivity index (χ4v) is 4.19. The highest BCUT2D eigenvalue weighted by Gasteiger charge is 2.47. The standard InChI is InChI=1S/C14H29NO/c1-11(2)15-14(10-16)8-12(3,4)7-13(5,6)9-14/h11,15-16H,7-10H2,1-6H3. The van der Waals surface area contributed by atoms with Gasteiger partial charge in [0.25, 0.3) is 0 Å². The minimum atomic E-state index is -0.0839. The normalized spacial score (nSPS) is 27.0. The highest BCUT2D eigenvalue weighted by molar-refractivity contribution is 5.02. The molecule has 96 valence electrons. The van der Waals surface area contributed by atoms with E-state index >= 15 is 0 Å². The number of hydrogen-bond acceptors (Lipinski definition) is 2. The molecule has 0 aromatic carbocycles. The summed E-state index contributed by atoms with van der Waals surface area (Å²) in [6, 6.07) is 0.428. The maximum Gasteiger partial charge on any atom is 0.0613 e. The van der Waals surface area contributed by atoms with Crippen LogP contribution in [0.5, 0.6) is 0 Å². The van der Waals surface area contributed by atoms with E-state index in [9.17, 15) is 5.11 Å². The molecule has 0 aromatic heterocycles. The lowest BCUT2D eigenvalue weighted by Gasteiger charge is -2.52. The summed E-state index contributed by atoms with van der Waals surface area (Å²) in [4.78, 5) is 0. The van der Waals surface area contributed by atoms with Gasteiger partial charge < -0.3 is 10.4 Å². The molecule has 0 unspecified atom stereocenters. The van der Waals surface area contributed by atoms with Crippen LogP contribution >= 0.6 is 0 Å². The monoisotopic (exact) mass is 227 g/mol. The Morgan fingerprint density at radius 2 is 1.44 bits per heavy atom. The molecule has 16 heavy (non-hydrogen) atoms. The lowest BCUT2D eigenvalue weighted by molar-refractivity contribution is -0.00710. The molecule has 2 N–H and O–H groups in total. The van der Waals surface area contributed by atoms with Crippen LogP contribution in [0, 0.1) is 10.8 Å². The molecule has 1 aliphatic rings. The van der Waals surface area contributed by atoms with Crippen LogP contribution in [0.1, 0.15) is 60.8 Å². The van der Waals surface area contributed by atoms with E-state index in [0.29, 0.717) is 16.9 Å². The smallest absolute Gasteiger partial charge is 0.0613 e. The molecule has 1 aliphatic carbocycles. The van der Waals surface area contributed by atoms with Crippen molar-refractivity contribution in [2.45, 2.75) is 72.4 Å². The Morgan fingerprint density at radius 3 is 1.75 bits per heavy atom. The first kappa shape index (κ1) is 14.0. The van der Waals surface area contributed by atoms with Gasteiger partial charge in [-0.15, -0.1) is 0 Å². The van der Waals surface area contributed by atoms with Gasteiger partial charge in [-0.2, -0.15) is 0 Å². The molecule has 0 heterocycles. The van der Waals surface area contributed by atoms with Gasteiger partial charge in [0.15, 0.2) is 0 Å². The summed E-state index contributed by atoms with van der Waals surface area (Å²) < 4.78 is 0. The summed E-state index contributed by atoms with van der Waals surface area (Å²) in [6.45, 7) is 13.8. The van der Waals surface area contributed by atoms with Gasteiger partial charge in [0.1, 0.15) is 0 Å². The van der Waals surface area contributed by atoms with Crippen molar-refractivity contribution in [3.63, 3.8) is 0 Å². The van der Waals surface area contributed by atoms with Gasteiger partial charge in [-0.3, -0.25) is 0 Å². The van der Waals surface area contributed by atoms with Crippen LogP contribution in [0.15, 0.2) is 0 Å². The van der Waals surface area contributed by atoms with E-state index in [1.54, 1.807) is 0 Å². The fourth-order valence-electron chi connectivity index (χ4n) is 4.19. The molecule has 0 spiro atoms. The lowest BCUT2D eigenvalue weighted by atomic mass is 9.58. The summed E-state index contributed by atoms with van der Waals surface area (Å²) in [6.07, 6.45) is 3.37. The first-order valence-corrected chi connectivity index (χ1v) is 6.48. The van der Waals surface area contributed by atoms with Gasteiger partial charge in [0.05, 0.1) is 6.61 Å². The van der Waals surface area contributed by atoms with Crippen LogP contribution in [0.2, 0.25) is 0 Å². The molecule has 0 bridgehead atoms. The molecule has 0 amide bonds. The molecule has 0 atom stereocenters. The van der Waals surface area contributed by atoms with Crippen molar-refractivity contribution < 1.29 is 5.11 Å². The van der Waals surface area contributed by atoms with Crippen LogP contribution in [0.25, 0.3) is 0 Å². The molecule has 1 saturated carbocycles. The van der Waals surface area contributed by atoms with E-state index in [2.05, 4.69) is 46.9 Å². The zero-order valence-electron chi connectivity index (χ0n) is 11.9. The maximum absolute atomic E-state index is 9.79. The van der Waals surface area contributed by atoms with E-state index < -0.39 is 0 Å².